The maximum atomic E-state index is 11.9. The fourth-order valence-electron chi connectivity index (χ4n) is 1.60. The Hall–Kier alpha value is -2.97. The quantitative estimate of drug-likeness (QED) is 0.164. The number of halogens is 1. The molecule has 0 aliphatic rings. The normalized spacial score (nSPS) is 9.96. The van der Waals surface area contributed by atoms with Gasteiger partial charge in [-0.1, -0.05) is 0 Å². The molecule has 0 heterocycles. The number of aliphatic imine (C=N–C) groups is 1. The standard InChI is InChI=1S/C14H12N4O4.ClH/c15-17-9-16-11-3-1-10(2-4-11)14(19)22-13-7-5-12(6-8-13)18(20)21;/h1-9H,15H2,(H,16,17);1H. The molecular formula is C14H13ClN4O4. The maximum absolute atomic E-state index is 11.9. The van der Waals surface area contributed by atoms with Gasteiger partial charge in [0.15, 0.2) is 0 Å². The smallest absolute Gasteiger partial charge is 0.343 e. The summed E-state index contributed by atoms with van der Waals surface area (Å²) in [4.78, 5) is 25.9. The summed E-state index contributed by atoms with van der Waals surface area (Å²) in [5.74, 6) is 4.71. The zero-order chi connectivity index (χ0) is 15.9. The number of nitro groups is 1. The van der Waals surface area contributed by atoms with Gasteiger partial charge in [-0.05, 0) is 36.4 Å². The minimum Gasteiger partial charge on any atom is -0.423 e. The first-order valence-electron chi connectivity index (χ1n) is 6.15. The second-order valence-electron chi connectivity index (χ2n) is 4.11. The molecule has 0 unspecified atom stereocenters. The number of nitrogens with zero attached hydrogens (tertiary/aromatic N) is 2. The summed E-state index contributed by atoms with van der Waals surface area (Å²) in [6.45, 7) is 0. The lowest BCUT2D eigenvalue weighted by atomic mass is 10.2. The Morgan fingerprint density at radius 2 is 1.78 bits per heavy atom. The molecular weight excluding hydrogens is 324 g/mol. The molecule has 0 fully saturated rings. The molecule has 0 spiro atoms. The second kappa shape index (κ2) is 8.47. The van der Waals surface area contributed by atoms with Crippen LogP contribution in [-0.4, -0.2) is 17.2 Å². The van der Waals surface area contributed by atoms with E-state index in [1.807, 2.05) is 0 Å². The maximum Gasteiger partial charge on any atom is 0.343 e. The molecule has 0 saturated heterocycles. The molecule has 0 atom stereocenters. The number of rotatable bonds is 5. The number of hydrogen-bond donors (Lipinski definition) is 2. The summed E-state index contributed by atoms with van der Waals surface area (Å²) in [5.41, 5.74) is 3.14. The van der Waals surface area contributed by atoms with E-state index in [0.29, 0.717) is 11.3 Å². The molecule has 0 amide bonds. The zero-order valence-corrected chi connectivity index (χ0v) is 12.5. The van der Waals surface area contributed by atoms with Crippen molar-refractivity contribution < 1.29 is 14.5 Å². The molecule has 0 saturated carbocycles. The van der Waals surface area contributed by atoms with E-state index in [2.05, 4.69) is 10.4 Å². The largest absolute Gasteiger partial charge is 0.423 e. The highest BCUT2D eigenvalue weighted by atomic mass is 35.5. The van der Waals surface area contributed by atoms with Gasteiger partial charge in [0, 0.05) is 12.1 Å². The van der Waals surface area contributed by atoms with Gasteiger partial charge in [0.05, 0.1) is 16.2 Å². The minimum absolute atomic E-state index is 0. The van der Waals surface area contributed by atoms with Crippen LogP contribution in [-0.2, 0) is 0 Å². The highest BCUT2D eigenvalue weighted by Gasteiger charge is 2.10. The Morgan fingerprint density at radius 3 is 2.30 bits per heavy atom. The molecule has 0 radical (unpaired) electrons. The molecule has 120 valence electrons. The molecule has 2 aromatic carbocycles. The first kappa shape index (κ1) is 18.1. The Morgan fingerprint density at radius 1 is 1.17 bits per heavy atom. The second-order valence-corrected chi connectivity index (χ2v) is 4.11. The van der Waals surface area contributed by atoms with E-state index < -0.39 is 10.9 Å². The lowest BCUT2D eigenvalue weighted by molar-refractivity contribution is -0.384. The lowest BCUT2D eigenvalue weighted by Crippen LogP contribution is -2.18. The number of nitrogens with one attached hydrogen (secondary N) is 1. The van der Waals surface area contributed by atoms with Crippen molar-refractivity contribution in [3.05, 3.63) is 64.2 Å². The highest BCUT2D eigenvalue weighted by molar-refractivity contribution is 5.91. The zero-order valence-electron chi connectivity index (χ0n) is 11.7. The number of nitrogens with two attached hydrogens (primary N) is 1. The third-order valence-electron chi connectivity index (χ3n) is 2.65. The van der Waals surface area contributed by atoms with Crippen LogP contribution in [0.4, 0.5) is 11.4 Å². The third-order valence-corrected chi connectivity index (χ3v) is 2.65. The molecule has 9 heteroatoms. The minimum atomic E-state index is -0.568. The average molecular weight is 337 g/mol. The van der Waals surface area contributed by atoms with E-state index in [4.69, 9.17) is 10.6 Å². The summed E-state index contributed by atoms with van der Waals surface area (Å²) in [6, 6.07) is 11.6. The van der Waals surface area contributed by atoms with Crippen LogP contribution in [0.15, 0.2) is 53.5 Å². The van der Waals surface area contributed by atoms with Crippen molar-refractivity contribution in [2.75, 3.05) is 0 Å². The van der Waals surface area contributed by atoms with E-state index in [-0.39, 0.29) is 23.8 Å². The number of ether oxygens (including phenoxy) is 1. The fourth-order valence-corrected chi connectivity index (χ4v) is 1.60. The van der Waals surface area contributed by atoms with Crippen molar-refractivity contribution in [2.24, 2.45) is 10.8 Å². The summed E-state index contributed by atoms with van der Waals surface area (Å²) < 4.78 is 5.12. The van der Waals surface area contributed by atoms with E-state index >= 15 is 0 Å². The Balaban J connectivity index is 0.00000264. The van der Waals surface area contributed by atoms with Gasteiger partial charge >= 0.3 is 5.97 Å². The van der Waals surface area contributed by atoms with Crippen LogP contribution in [0.3, 0.4) is 0 Å². The van der Waals surface area contributed by atoms with Gasteiger partial charge in [-0.3, -0.25) is 10.1 Å². The fraction of sp³-hybridized carbons (Fsp3) is 0. The number of esters is 1. The van der Waals surface area contributed by atoms with E-state index in [1.165, 1.54) is 30.6 Å². The summed E-state index contributed by atoms with van der Waals surface area (Å²) in [6.07, 6.45) is 1.31. The number of nitro benzene ring substituents is 1. The first-order chi connectivity index (χ1) is 10.6. The van der Waals surface area contributed by atoms with Gasteiger partial charge in [0.1, 0.15) is 12.1 Å². The molecule has 3 N–H and O–H groups in total. The number of hydrazine groups is 1. The van der Waals surface area contributed by atoms with Crippen molar-refractivity contribution >= 4 is 36.1 Å². The van der Waals surface area contributed by atoms with Gasteiger partial charge in [0.2, 0.25) is 0 Å². The summed E-state index contributed by atoms with van der Waals surface area (Å²) in [5, 5.41) is 10.5. The first-order valence-corrected chi connectivity index (χ1v) is 6.15. The van der Waals surface area contributed by atoms with Crippen LogP contribution in [0.2, 0.25) is 0 Å². The molecule has 0 aliphatic carbocycles. The third kappa shape index (κ3) is 5.06. The summed E-state index contributed by atoms with van der Waals surface area (Å²) >= 11 is 0. The van der Waals surface area contributed by atoms with E-state index in [9.17, 15) is 14.9 Å². The SMILES string of the molecule is Cl.NNC=Nc1ccc(C(=O)Oc2ccc([N+](=O)[O-])cc2)cc1. The van der Waals surface area contributed by atoms with Crippen LogP contribution >= 0.6 is 12.4 Å². The van der Waals surface area contributed by atoms with E-state index in [1.54, 1.807) is 24.3 Å². The van der Waals surface area contributed by atoms with Gasteiger partial charge in [-0.2, -0.15) is 0 Å². The number of hydrogen-bond acceptors (Lipinski definition) is 6. The van der Waals surface area contributed by atoms with Gasteiger partial charge < -0.3 is 10.2 Å². The predicted molar refractivity (Wildman–Crippen MR) is 87.2 cm³/mol. The van der Waals surface area contributed by atoms with Crippen LogP contribution in [0.1, 0.15) is 10.4 Å². The summed E-state index contributed by atoms with van der Waals surface area (Å²) in [7, 11) is 0. The van der Waals surface area contributed by atoms with Crippen LogP contribution < -0.4 is 16.0 Å². The van der Waals surface area contributed by atoms with Crippen molar-refractivity contribution in [1.29, 1.82) is 0 Å². The predicted octanol–water partition coefficient (Wildman–Crippen LogP) is 2.36. The monoisotopic (exact) mass is 336 g/mol. The highest BCUT2D eigenvalue weighted by Crippen LogP contribution is 2.19. The van der Waals surface area contributed by atoms with Gasteiger partial charge in [-0.15, -0.1) is 12.4 Å². The Bertz CT molecular complexity index is 702. The Kier molecular flexibility index (Phi) is 6.66. The molecule has 2 aromatic rings. The van der Waals surface area contributed by atoms with Crippen molar-refractivity contribution in [1.82, 2.24) is 5.43 Å². The van der Waals surface area contributed by atoms with Crippen molar-refractivity contribution in [3.8, 4) is 5.75 Å². The number of carbonyl (C=O) groups is 1. The molecule has 0 bridgehead atoms. The topological polar surface area (TPSA) is 120 Å². The van der Waals surface area contributed by atoms with Crippen LogP contribution in [0.25, 0.3) is 0 Å². The Labute approximate surface area is 137 Å². The van der Waals surface area contributed by atoms with Crippen molar-refractivity contribution in [3.63, 3.8) is 0 Å². The number of non-ortho nitro benzene ring substituents is 1. The van der Waals surface area contributed by atoms with Crippen molar-refractivity contribution in [2.45, 2.75) is 0 Å². The molecule has 23 heavy (non-hydrogen) atoms. The molecule has 0 aromatic heterocycles. The van der Waals surface area contributed by atoms with E-state index in [0.717, 1.165) is 0 Å². The number of carbonyl (C=O) groups excluding carboxylic acids is 1. The van der Waals surface area contributed by atoms with Gasteiger partial charge in [0.25, 0.3) is 5.69 Å². The van der Waals surface area contributed by atoms with Gasteiger partial charge in [-0.25, -0.2) is 15.6 Å². The number of benzene rings is 2. The average Bonchev–Trinajstić information content (AvgIpc) is 2.54. The lowest BCUT2D eigenvalue weighted by Gasteiger charge is -2.04. The molecule has 8 nitrogen and oxygen atoms in total. The van der Waals surface area contributed by atoms with Crippen LogP contribution in [0.5, 0.6) is 5.75 Å². The van der Waals surface area contributed by atoms with Crippen LogP contribution in [0, 0.1) is 10.1 Å². The molecule has 0 aliphatic heterocycles. The molecule has 2 rings (SSSR count).